The highest BCUT2D eigenvalue weighted by Gasteiger charge is 1.93. The molecule has 0 aliphatic heterocycles. The molecule has 0 aromatic carbocycles. The number of allylic oxidation sites excluding steroid dienone is 2. The number of rotatable bonds is 4. The summed E-state index contributed by atoms with van der Waals surface area (Å²) in [5.74, 6) is 0.678. The van der Waals surface area contributed by atoms with Gasteiger partial charge in [-0.25, -0.2) is 0 Å². The van der Waals surface area contributed by atoms with Crippen LogP contribution in [0.25, 0.3) is 0 Å². The molecule has 0 nitrogen and oxygen atoms in total. The van der Waals surface area contributed by atoms with Crippen molar-refractivity contribution in [3.8, 4) is 0 Å². The van der Waals surface area contributed by atoms with Gasteiger partial charge in [-0.15, -0.1) is 11.8 Å². The van der Waals surface area contributed by atoms with Crippen LogP contribution in [-0.4, -0.2) is 0 Å². The smallest absolute Gasteiger partial charge is 0.0255 e. The molecule has 0 rings (SSSR count). The Labute approximate surface area is 74.8 Å². The van der Waals surface area contributed by atoms with Crippen LogP contribution in [0.4, 0.5) is 0 Å². The minimum atomic E-state index is 0.678. The van der Waals surface area contributed by atoms with Gasteiger partial charge in [0.05, 0.1) is 0 Å². The Morgan fingerprint density at radius 3 is 2.55 bits per heavy atom. The van der Waals surface area contributed by atoms with Crippen molar-refractivity contribution in [3.63, 3.8) is 0 Å². The lowest BCUT2D eigenvalue weighted by Gasteiger charge is -2.02. The summed E-state index contributed by atoms with van der Waals surface area (Å²) in [7, 11) is 0. The summed E-state index contributed by atoms with van der Waals surface area (Å²) in [5, 5.41) is 4.36. The number of hydrogen-bond acceptors (Lipinski definition) is 1. The van der Waals surface area contributed by atoms with Crippen molar-refractivity contribution in [2.45, 2.75) is 34.1 Å². The summed E-state index contributed by atoms with van der Waals surface area (Å²) < 4.78 is 0. The number of hydrogen-bond donors (Lipinski definition) is 0. The molecule has 0 aromatic heterocycles. The van der Waals surface area contributed by atoms with Gasteiger partial charge in [-0.2, -0.15) is 0 Å². The van der Waals surface area contributed by atoms with E-state index in [2.05, 4.69) is 44.6 Å². The quantitative estimate of drug-likeness (QED) is 0.609. The molecule has 0 aromatic rings. The van der Waals surface area contributed by atoms with Crippen LogP contribution >= 0.6 is 11.8 Å². The summed E-state index contributed by atoms with van der Waals surface area (Å²) in [6.45, 7) is 8.76. The molecule has 0 amide bonds. The maximum atomic E-state index is 2.22. The predicted molar refractivity (Wildman–Crippen MR) is 55.6 cm³/mol. The zero-order valence-electron chi connectivity index (χ0n) is 7.92. The monoisotopic (exact) mass is 170 g/mol. The maximum absolute atomic E-state index is 2.22. The molecule has 0 aliphatic carbocycles. The molecule has 0 unspecified atom stereocenters. The third kappa shape index (κ3) is 6.24. The van der Waals surface area contributed by atoms with Crippen LogP contribution in [0.1, 0.15) is 34.1 Å². The molecule has 0 radical (unpaired) electrons. The maximum Gasteiger partial charge on any atom is -0.0255 e. The van der Waals surface area contributed by atoms with Crippen molar-refractivity contribution in [2.24, 2.45) is 5.92 Å². The van der Waals surface area contributed by atoms with Crippen LogP contribution in [0.15, 0.2) is 22.5 Å². The van der Waals surface area contributed by atoms with Gasteiger partial charge in [0.2, 0.25) is 0 Å². The average Bonchev–Trinajstić information content (AvgIpc) is 1.97. The highest BCUT2D eigenvalue weighted by atomic mass is 32.2. The van der Waals surface area contributed by atoms with Crippen molar-refractivity contribution in [2.75, 3.05) is 0 Å². The molecular formula is C10H18S. The standard InChI is InChI=1S/C10H18S/c1-5-6-7-11-8-10(4)9(2)3/h6-9H,5H2,1-4H3/b7-6-,10-8+. The Balaban J connectivity index is 3.65. The lowest BCUT2D eigenvalue weighted by molar-refractivity contribution is 0.772. The zero-order chi connectivity index (χ0) is 8.69. The van der Waals surface area contributed by atoms with Crippen LogP contribution in [-0.2, 0) is 0 Å². The van der Waals surface area contributed by atoms with Gasteiger partial charge in [0, 0.05) is 0 Å². The Morgan fingerprint density at radius 2 is 2.09 bits per heavy atom. The van der Waals surface area contributed by atoms with Crippen LogP contribution < -0.4 is 0 Å². The molecule has 0 atom stereocenters. The molecule has 11 heavy (non-hydrogen) atoms. The first-order valence-corrected chi connectivity index (χ1v) is 5.09. The summed E-state index contributed by atoms with van der Waals surface area (Å²) >= 11 is 1.77. The van der Waals surface area contributed by atoms with Gasteiger partial charge >= 0.3 is 0 Å². The van der Waals surface area contributed by atoms with Gasteiger partial charge in [0.25, 0.3) is 0 Å². The third-order valence-corrected chi connectivity index (χ3v) is 2.43. The van der Waals surface area contributed by atoms with E-state index in [9.17, 15) is 0 Å². The van der Waals surface area contributed by atoms with Crippen LogP contribution in [0.2, 0.25) is 0 Å². The van der Waals surface area contributed by atoms with E-state index in [1.165, 1.54) is 5.57 Å². The summed E-state index contributed by atoms with van der Waals surface area (Å²) in [5.41, 5.74) is 1.45. The SMILES string of the molecule is CC/C=C\S/C=C(\C)C(C)C. The second-order valence-corrected chi connectivity index (χ2v) is 3.71. The lowest BCUT2D eigenvalue weighted by Crippen LogP contribution is -1.85. The van der Waals surface area contributed by atoms with Crippen LogP contribution in [0.5, 0.6) is 0 Å². The summed E-state index contributed by atoms with van der Waals surface area (Å²) in [4.78, 5) is 0. The predicted octanol–water partition coefficient (Wildman–Crippen LogP) is 4.20. The summed E-state index contributed by atoms with van der Waals surface area (Å²) in [6.07, 6.45) is 3.30. The van der Waals surface area contributed by atoms with Gasteiger partial charge in [-0.05, 0) is 30.1 Å². The van der Waals surface area contributed by atoms with E-state index in [1.54, 1.807) is 11.8 Å². The molecule has 1 heteroatoms. The van der Waals surface area contributed by atoms with Crippen molar-refractivity contribution >= 4 is 11.8 Å². The third-order valence-electron chi connectivity index (χ3n) is 1.58. The average molecular weight is 170 g/mol. The fraction of sp³-hybridized carbons (Fsp3) is 0.600. The first-order valence-electron chi connectivity index (χ1n) is 4.15. The van der Waals surface area contributed by atoms with Crippen molar-refractivity contribution in [1.82, 2.24) is 0 Å². The fourth-order valence-electron chi connectivity index (χ4n) is 0.434. The Kier molecular flexibility index (Phi) is 6.43. The van der Waals surface area contributed by atoms with Crippen molar-refractivity contribution in [1.29, 1.82) is 0 Å². The lowest BCUT2D eigenvalue weighted by atomic mass is 10.1. The fourth-order valence-corrected chi connectivity index (χ4v) is 1.30. The molecule has 0 spiro atoms. The van der Waals surface area contributed by atoms with Crippen LogP contribution in [0, 0.1) is 5.92 Å². The molecule has 64 valence electrons. The molecular weight excluding hydrogens is 152 g/mol. The topological polar surface area (TPSA) is 0 Å². The largest absolute Gasteiger partial charge is 0.106 e. The van der Waals surface area contributed by atoms with E-state index in [1.807, 2.05) is 0 Å². The van der Waals surface area contributed by atoms with Gasteiger partial charge in [0.1, 0.15) is 0 Å². The first-order chi connectivity index (χ1) is 5.18. The molecule has 0 saturated carbocycles. The molecule has 0 bridgehead atoms. The molecule has 0 heterocycles. The normalized spacial score (nSPS) is 13.4. The highest BCUT2D eigenvalue weighted by molar-refractivity contribution is 8.04. The van der Waals surface area contributed by atoms with Gasteiger partial charge in [-0.3, -0.25) is 0 Å². The van der Waals surface area contributed by atoms with E-state index in [-0.39, 0.29) is 0 Å². The minimum absolute atomic E-state index is 0.678. The Bertz CT molecular complexity index is 143. The van der Waals surface area contributed by atoms with Crippen LogP contribution in [0.3, 0.4) is 0 Å². The van der Waals surface area contributed by atoms with E-state index >= 15 is 0 Å². The van der Waals surface area contributed by atoms with Gasteiger partial charge in [0.15, 0.2) is 0 Å². The highest BCUT2D eigenvalue weighted by Crippen LogP contribution is 2.14. The second-order valence-electron chi connectivity index (χ2n) is 2.93. The van der Waals surface area contributed by atoms with E-state index in [4.69, 9.17) is 0 Å². The van der Waals surface area contributed by atoms with E-state index in [0.717, 1.165) is 6.42 Å². The van der Waals surface area contributed by atoms with Crippen molar-refractivity contribution in [3.05, 3.63) is 22.5 Å². The first kappa shape index (κ1) is 10.8. The Morgan fingerprint density at radius 1 is 1.45 bits per heavy atom. The van der Waals surface area contributed by atoms with E-state index in [0.29, 0.717) is 5.92 Å². The van der Waals surface area contributed by atoms with Gasteiger partial charge in [-0.1, -0.05) is 32.4 Å². The second kappa shape index (κ2) is 6.53. The zero-order valence-corrected chi connectivity index (χ0v) is 8.74. The molecule has 0 N–H and O–H groups in total. The number of thioether (sulfide) groups is 1. The molecule has 0 saturated heterocycles. The molecule has 0 aliphatic rings. The van der Waals surface area contributed by atoms with Gasteiger partial charge < -0.3 is 0 Å². The Hall–Kier alpha value is -0.170. The van der Waals surface area contributed by atoms with Crippen molar-refractivity contribution < 1.29 is 0 Å². The molecule has 0 fully saturated rings. The summed E-state index contributed by atoms with van der Waals surface area (Å²) in [6, 6.07) is 0. The minimum Gasteiger partial charge on any atom is -0.106 e. The van der Waals surface area contributed by atoms with E-state index < -0.39 is 0 Å².